The summed E-state index contributed by atoms with van der Waals surface area (Å²) in [5.41, 5.74) is 6.01. The summed E-state index contributed by atoms with van der Waals surface area (Å²) in [6.07, 6.45) is 2.42. The Kier molecular flexibility index (Phi) is 1.58. The average Bonchev–Trinajstić information content (AvgIpc) is 2.58. The summed E-state index contributed by atoms with van der Waals surface area (Å²) in [6, 6.07) is 1.92. The molecule has 0 aromatic carbocycles. The first-order valence-corrected chi connectivity index (χ1v) is 3.83. The molecule has 0 aliphatic heterocycles. The lowest BCUT2D eigenvalue weighted by molar-refractivity contribution is 0.0945. The number of carbonyl (C=O) groups is 1. The standard InChI is InChI=1S/C7H10N4O/c8-4-3-6(4)10-7(12)5-1-2-9-11-5/h1-2,4,6H,3,8H2,(H,9,11)(H,10,12). The van der Waals surface area contributed by atoms with Gasteiger partial charge >= 0.3 is 0 Å². The summed E-state index contributed by atoms with van der Waals surface area (Å²) in [7, 11) is 0. The van der Waals surface area contributed by atoms with E-state index in [1.54, 1.807) is 12.3 Å². The van der Waals surface area contributed by atoms with Crippen molar-refractivity contribution in [3.05, 3.63) is 18.0 Å². The fourth-order valence-electron chi connectivity index (χ4n) is 1.01. The van der Waals surface area contributed by atoms with Crippen LogP contribution in [0.2, 0.25) is 0 Å². The van der Waals surface area contributed by atoms with Crippen molar-refractivity contribution >= 4 is 5.91 Å². The maximum atomic E-state index is 11.3. The number of carbonyl (C=O) groups excluding carboxylic acids is 1. The minimum atomic E-state index is -0.134. The van der Waals surface area contributed by atoms with Gasteiger partial charge in [0, 0.05) is 18.3 Å². The molecule has 1 aliphatic rings. The van der Waals surface area contributed by atoms with Gasteiger partial charge in [0.1, 0.15) is 5.69 Å². The first-order chi connectivity index (χ1) is 5.77. The zero-order chi connectivity index (χ0) is 8.55. The summed E-state index contributed by atoms with van der Waals surface area (Å²) >= 11 is 0. The highest BCUT2D eigenvalue weighted by Gasteiger charge is 2.34. The minimum absolute atomic E-state index is 0.134. The second-order valence-corrected chi connectivity index (χ2v) is 2.95. The van der Waals surface area contributed by atoms with Crippen molar-refractivity contribution in [3.8, 4) is 0 Å². The predicted octanol–water partition coefficient (Wildman–Crippen LogP) is -0.761. The average molecular weight is 166 g/mol. The Balaban J connectivity index is 1.93. The highest BCUT2D eigenvalue weighted by Crippen LogP contribution is 2.17. The Morgan fingerprint density at radius 2 is 2.58 bits per heavy atom. The minimum Gasteiger partial charge on any atom is -0.346 e. The molecule has 2 atom stereocenters. The molecule has 12 heavy (non-hydrogen) atoms. The predicted molar refractivity (Wildman–Crippen MR) is 42.4 cm³/mol. The molecule has 64 valence electrons. The van der Waals surface area contributed by atoms with E-state index in [-0.39, 0.29) is 18.0 Å². The van der Waals surface area contributed by atoms with E-state index in [4.69, 9.17) is 5.73 Å². The monoisotopic (exact) mass is 166 g/mol. The van der Waals surface area contributed by atoms with Gasteiger partial charge in [-0.05, 0) is 12.5 Å². The molecule has 5 nitrogen and oxygen atoms in total. The van der Waals surface area contributed by atoms with Crippen LogP contribution in [0.3, 0.4) is 0 Å². The molecule has 2 unspecified atom stereocenters. The highest BCUT2D eigenvalue weighted by atomic mass is 16.2. The zero-order valence-corrected chi connectivity index (χ0v) is 6.45. The van der Waals surface area contributed by atoms with Crippen LogP contribution in [0.1, 0.15) is 16.9 Å². The molecule has 0 radical (unpaired) electrons. The number of H-pyrrole nitrogens is 1. The van der Waals surface area contributed by atoms with Gasteiger partial charge < -0.3 is 11.1 Å². The Labute approximate surface area is 69.3 Å². The molecule has 0 spiro atoms. The van der Waals surface area contributed by atoms with E-state index in [0.717, 1.165) is 6.42 Å². The number of aromatic nitrogens is 2. The van der Waals surface area contributed by atoms with E-state index in [2.05, 4.69) is 15.5 Å². The summed E-state index contributed by atoms with van der Waals surface area (Å²) in [5.74, 6) is -0.134. The number of hydrogen-bond acceptors (Lipinski definition) is 3. The lowest BCUT2D eigenvalue weighted by atomic mass is 10.4. The van der Waals surface area contributed by atoms with Gasteiger partial charge in [0.25, 0.3) is 5.91 Å². The summed E-state index contributed by atoms with van der Waals surface area (Å²) in [6.45, 7) is 0. The molecule has 2 rings (SSSR count). The molecule has 1 aromatic rings. The largest absolute Gasteiger partial charge is 0.346 e. The van der Waals surface area contributed by atoms with E-state index < -0.39 is 0 Å². The number of rotatable bonds is 2. The first kappa shape index (κ1) is 7.30. The lowest BCUT2D eigenvalue weighted by Crippen LogP contribution is -2.29. The molecule has 1 amide bonds. The quantitative estimate of drug-likeness (QED) is 0.540. The molecule has 1 saturated carbocycles. The molecule has 1 heterocycles. The number of nitrogens with one attached hydrogen (secondary N) is 2. The maximum Gasteiger partial charge on any atom is 0.269 e. The van der Waals surface area contributed by atoms with Crippen molar-refractivity contribution in [2.24, 2.45) is 5.73 Å². The van der Waals surface area contributed by atoms with Crippen LogP contribution in [0.5, 0.6) is 0 Å². The normalized spacial score (nSPS) is 26.8. The van der Waals surface area contributed by atoms with Gasteiger partial charge in [-0.15, -0.1) is 0 Å². The number of hydrogen-bond donors (Lipinski definition) is 3. The van der Waals surface area contributed by atoms with Gasteiger partial charge in [0.15, 0.2) is 0 Å². The Bertz CT molecular complexity index is 282. The van der Waals surface area contributed by atoms with Crippen LogP contribution >= 0.6 is 0 Å². The Morgan fingerprint density at radius 1 is 1.83 bits per heavy atom. The summed E-state index contributed by atoms with van der Waals surface area (Å²) in [4.78, 5) is 11.3. The van der Waals surface area contributed by atoms with E-state index in [9.17, 15) is 4.79 Å². The van der Waals surface area contributed by atoms with Gasteiger partial charge in [-0.3, -0.25) is 9.89 Å². The lowest BCUT2D eigenvalue weighted by Gasteiger charge is -1.99. The van der Waals surface area contributed by atoms with E-state index in [0.29, 0.717) is 5.69 Å². The van der Waals surface area contributed by atoms with Crippen LogP contribution in [0.25, 0.3) is 0 Å². The summed E-state index contributed by atoms with van der Waals surface area (Å²) < 4.78 is 0. The van der Waals surface area contributed by atoms with Gasteiger partial charge in [0.2, 0.25) is 0 Å². The van der Waals surface area contributed by atoms with Crippen LogP contribution in [0.15, 0.2) is 12.3 Å². The van der Waals surface area contributed by atoms with Crippen LogP contribution in [-0.2, 0) is 0 Å². The van der Waals surface area contributed by atoms with Crippen LogP contribution in [0, 0.1) is 0 Å². The number of nitrogens with zero attached hydrogens (tertiary/aromatic N) is 1. The maximum absolute atomic E-state index is 11.3. The molecular weight excluding hydrogens is 156 g/mol. The molecule has 1 aromatic heterocycles. The third kappa shape index (κ3) is 1.31. The SMILES string of the molecule is NC1CC1NC(=O)c1ccn[nH]1. The van der Waals surface area contributed by atoms with Crippen molar-refractivity contribution in [2.45, 2.75) is 18.5 Å². The summed E-state index contributed by atoms with van der Waals surface area (Å²) in [5, 5.41) is 9.03. The fraction of sp³-hybridized carbons (Fsp3) is 0.429. The number of nitrogens with two attached hydrogens (primary N) is 1. The van der Waals surface area contributed by atoms with Gasteiger partial charge in [-0.1, -0.05) is 0 Å². The van der Waals surface area contributed by atoms with E-state index in [1.807, 2.05) is 0 Å². The van der Waals surface area contributed by atoms with Crippen molar-refractivity contribution < 1.29 is 4.79 Å². The number of aromatic amines is 1. The van der Waals surface area contributed by atoms with Crippen molar-refractivity contribution in [1.29, 1.82) is 0 Å². The van der Waals surface area contributed by atoms with E-state index in [1.165, 1.54) is 0 Å². The third-order valence-corrected chi connectivity index (χ3v) is 1.90. The molecule has 0 saturated heterocycles. The Morgan fingerprint density at radius 3 is 3.08 bits per heavy atom. The second kappa shape index (κ2) is 2.60. The van der Waals surface area contributed by atoms with Crippen LogP contribution in [0.4, 0.5) is 0 Å². The number of amides is 1. The van der Waals surface area contributed by atoms with Crippen molar-refractivity contribution in [1.82, 2.24) is 15.5 Å². The molecule has 1 fully saturated rings. The van der Waals surface area contributed by atoms with Gasteiger partial charge in [0.05, 0.1) is 0 Å². The van der Waals surface area contributed by atoms with Gasteiger partial charge in [-0.25, -0.2) is 0 Å². The molecular formula is C7H10N4O. The van der Waals surface area contributed by atoms with Crippen molar-refractivity contribution in [2.75, 3.05) is 0 Å². The van der Waals surface area contributed by atoms with Crippen LogP contribution in [-0.4, -0.2) is 28.2 Å². The highest BCUT2D eigenvalue weighted by molar-refractivity contribution is 5.92. The fourth-order valence-corrected chi connectivity index (χ4v) is 1.01. The van der Waals surface area contributed by atoms with Crippen LogP contribution < -0.4 is 11.1 Å². The second-order valence-electron chi connectivity index (χ2n) is 2.95. The van der Waals surface area contributed by atoms with Gasteiger partial charge in [-0.2, -0.15) is 5.10 Å². The first-order valence-electron chi connectivity index (χ1n) is 3.83. The topological polar surface area (TPSA) is 83.8 Å². The van der Waals surface area contributed by atoms with E-state index >= 15 is 0 Å². The smallest absolute Gasteiger partial charge is 0.269 e. The Hall–Kier alpha value is -1.36. The zero-order valence-electron chi connectivity index (χ0n) is 6.45. The molecule has 4 N–H and O–H groups in total. The molecule has 0 bridgehead atoms. The molecule has 1 aliphatic carbocycles. The molecule has 5 heteroatoms. The van der Waals surface area contributed by atoms with Crippen molar-refractivity contribution in [3.63, 3.8) is 0 Å². The third-order valence-electron chi connectivity index (χ3n) is 1.90.